The number of aryl methyl sites for hydroxylation is 1. The minimum Gasteiger partial charge on any atom is -0.478 e. The van der Waals surface area contributed by atoms with E-state index in [9.17, 15) is 14.7 Å². The second-order valence-electron chi connectivity index (χ2n) is 4.94. The molecule has 0 unspecified atom stereocenters. The quantitative estimate of drug-likeness (QED) is 0.816. The third-order valence-corrected chi connectivity index (χ3v) is 3.46. The van der Waals surface area contributed by atoms with Crippen LogP contribution in [0.3, 0.4) is 0 Å². The van der Waals surface area contributed by atoms with Gasteiger partial charge in [-0.2, -0.15) is 0 Å². The molecule has 2 aromatic rings. The first-order valence-electron chi connectivity index (χ1n) is 7.10. The smallest absolute Gasteiger partial charge is 0.336 e. The molecule has 2 aromatic carbocycles. The van der Waals surface area contributed by atoms with Crippen molar-refractivity contribution in [3.63, 3.8) is 0 Å². The molecule has 0 aliphatic carbocycles. The summed E-state index contributed by atoms with van der Waals surface area (Å²) in [5.74, 6) is -1.30. The molecule has 0 heterocycles. The molecule has 0 aromatic heterocycles. The van der Waals surface area contributed by atoms with Gasteiger partial charge in [0.15, 0.2) is 5.78 Å². The first-order chi connectivity index (χ1) is 10.1. The number of ketones is 1. The molecule has 0 saturated carbocycles. The van der Waals surface area contributed by atoms with Gasteiger partial charge in [0, 0.05) is 11.1 Å². The third kappa shape index (κ3) is 3.37. The van der Waals surface area contributed by atoms with Crippen molar-refractivity contribution in [3.05, 3.63) is 70.8 Å². The highest BCUT2D eigenvalue weighted by Gasteiger charge is 2.19. The number of benzene rings is 2. The van der Waals surface area contributed by atoms with Gasteiger partial charge in [-0.25, -0.2) is 4.79 Å². The van der Waals surface area contributed by atoms with Gasteiger partial charge < -0.3 is 5.11 Å². The summed E-state index contributed by atoms with van der Waals surface area (Å²) in [7, 11) is 0. The van der Waals surface area contributed by atoms with Crippen LogP contribution in [0, 0.1) is 0 Å². The first-order valence-corrected chi connectivity index (χ1v) is 7.10. The summed E-state index contributed by atoms with van der Waals surface area (Å²) in [5.41, 5.74) is 1.87. The van der Waals surface area contributed by atoms with Crippen LogP contribution in [0.25, 0.3) is 0 Å². The summed E-state index contributed by atoms with van der Waals surface area (Å²) in [6, 6.07) is 13.8. The van der Waals surface area contributed by atoms with E-state index >= 15 is 0 Å². The third-order valence-electron chi connectivity index (χ3n) is 3.46. The number of hydrogen-bond donors (Lipinski definition) is 1. The molecule has 0 amide bonds. The largest absolute Gasteiger partial charge is 0.478 e. The predicted octanol–water partition coefficient (Wildman–Crippen LogP) is 3.96. The normalized spacial score (nSPS) is 10.3. The number of carbonyl (C=O) groups is 2. The Kier molecular flexibility index (Phi) is 4.88. The van der Waals surface area contributed by atoms with Gasteiger partial charge in [-0.1, -0.05) is 55.8 Å². The Morgan fingerprint density at radius 3 is 2.10 bits per heavy atom. The fraction of sp³-hybridized carbons (Fsp3) is 0.222. The highest BCUT2D eigenvalue weighted by molar-refractivity contribution is 6.14. The van der Waals surface area contributed by atoms with Crippen LogP contribution in [0.2, 0.25) is 0 Å². The van der Waals surface area contributed by atoms with Gasteiger partial charge in [-0.05, 0) is 24.5 Å². The first kappa shape index (κ1) is 15.0. The average molecular weight is 282 g/mol. The van der Waals surface area contributed by atoms with Crippen LogP contribution in [0.4, 0.5) is 0 Å². The molecule has 0 spiro atoms. The molecule has 0 fully saturated rings. The maximum absolute atomic E-state index is 12.7. The summed E-state index contributed by atoms with van der Waals surface area (Å²) in [4.78, 5) is 24.0. The Morgan fingerprint density at radius 2 is 1.48 bits per heavy atom. The zero-order valence-corrected chi connectivity index (χ0v) is 12.0. The van der Waals surface area contributed by atoms with Gasteiger partial charge in [0.05, 0.1) is 5.56 Å². The molecule has 2 rings (SSSR count). The number of rotatable bonds is 6. The standard InChI is InChI=1S/C18H18O3/c1-2-3-8-13-9-4-5-10-14(13)17(19)15-11-6-7-12-16(15)18(20)21/h4-7,9-12H,2-3,8H2,1H3,(H,20,21). The highest BCUT2D eigenvalue weighted by atomic mass is 16.4. The second-order valence-corrected chi connectivity index (χ2v) is 4.94. The number of carboxylic acids is 1. The van der Waals surface area contributed by atoms with Gasteiger partial charge in [-0.15, -0.1) is 0 Å². The van der Waals surface area contributed by atoms with Gasteiger partial charge >= 0.3 is 5.97 Å². The van der Waals surface area contributed by atoms with Crippen molar-refractivity contribution in [1.29, 1.82) is 0 Å². The molecule has 0 bridgehead atoms. The van der Waals surface area contributed by atoms with E-state index in [1.807, 2.05) is 18.2 Å². The molecule has 0 aliphatic rings. The number of hydrogen-bond acceptors (Lipinski definition) is 2. The van der Waals surface area contributed by atoms with Gasteiger partial charge in [0.2, 0.25) is 0 Å². The Morgan fingerprint density at radius 1 is 0.905 bits per heavy atom. The molecule has 0 atom stereocenters. The van der Waals surface area contributed by atoms with E-state index in [1.54, 1.807) is 24.3 Å². The second kappa shape index (κ2) is 6.84. The fourth-order valence-corrected chi connectivity index (χ4v) is 2.34. The maximum Gasteiger partial charge on any atom is 0.336 e. The van der Waals surface area contributed by atoms with Gasteiger partial charge in [0.1, 0.15) is 0 Å². The lowest BCUT2D eigenvalue weighted by Crippen LogP contribution is -2.11. The predicted molar refractivity (Wildman–Crippen MR) is 81.9 cm³/mol. The van der Waals surface area contributed by atoms with Crippen molar-refractivity contribution in [2.24, 2.45) is 0 Å². The molecule has 0 saturated heterocycles. The van der Waals surface area contributed by atoms with Crippen molar-refractivity contribution in [1.82, 2.24) is 0 Å². The zero-order chi connectivity index (χ0) is 15.2. The minimum atomic E-state index is -1.08. The van der Waals surface area contributed by atoms with E-state index in [0.29, 0.717) is 5.56 Å². The molecule has 108 valence electrons. The van der Waals surface area contributed by atoms with Crippen molar-refractivity contribution >= 4 is 11.8 Å². The maximum atomic E-state index is 12.7. The van der Waals surface area contributed by atoms with Crippen LogP contribution in [-0.2, 0) is 6.42 Å². The zero-order valence-electron chi connectivity index (χ0n) is 12.0. The topological polar surface area (TPSA) is 54.4 Å². The number of unbranched alkanes of at least 4 members (excludes halogenated alkanes) is 1. The van der Waals surface area contributed by atoms with E-state index in [0.717, 1.165) is 24.8 Å². The van der Waals surface area contributed by atoms with Gasteiger partial charge in [0.25, 0.3) is 0 Å². The molecule has 3 heteroatoms. The molecule has 21 heavy (non-hydrogen) atoms. The highest BCUT2D eigenvalue weighted by Crippen LogP contribution is 2.19. The van der Waals surface area contributed by atoms with E-state index in [-0.39, 0.29) is 16.9 Å². The Labute approximate surface area is 124 Å². The van der Waals surface area contributed by atoms with Crippen LogP contribution >= 0.6 is 0 Å². The SMILES string of the molecule is CCCCc1ccccc1C(=O)c1ccccc1C(=O)O. The molecule has 3 nitrogen and oxygen atoms in total. The Bertz CT molecular complexity index is 659. The number of carboxylic acid groups (broad SMARTS) is 1. The van der Waals surface area contributed by atoms with Crippen LogP contribution in [0.15, 0.2) is 48.5 Å². The van der Waals surface area contributed by atoms with Crippen molar-refractivity contribution in [2.45, 2.75) is 26.2 Å². The lowest BCUT2D eigenvalue weighted by Gasteiger charge is -2.10. The molecular weight excluding hydrogens is 264 g/mol. The lowest BCUT2D eigenvalue weighted by molar-refractivity contribution is 0.0693. The van der Waals surface area contributed by atoms with E-state index in [2.05, 4.69) is 6.92 Å². The summed E-state index contributed by atoms with van der Waals surface area (Å²) in [6.07, 6.45) is 2.88. The molecule has 0 radical (unpaired) electrons. The van der Waals surface area contributed by atoms with E-state index in [1.165, 1.54) is 6.07 Å². The van der Waals surface area contributed by atoms with Crippen LogP contribution in [-0.4, -0.2) is 16.9 Å². The summed E-state index contributed by atoms with van der Waals surface area (Å²) >= 11 is 0. The fourth-order valence-electron chi connectivity index (χ4n) is 2.34. The van der Waals surface area contributed by atoms with Crippen molar-refractivity contribution < 1.29 is 14.7 Å². The van der Waals surface area contributed by atoms with Crippen LogP contribution in [0.5, 0.6) is 0 Å². The summed E-state index contributed by atoms with van der Waals surface area (Å²) in [6.45, 7) is 2.10. The monoisotopic (exact) mass is 282 g/mol. The van der Waals surface area contributed by atoms with E-state index in [4.69, 9.17) is 0 Å². The van der Waals surface area contributed by atoms with Crippen LogP contribution in [0.1, 0.15) is 51.6 Å². The van der Waals surface area contributed by atoms with Crippen LogP contribution < -0.4 is 0 Å². The number of aromatic carboxylic acids is 1. The van der Waals surface area contributed by atoms with Crippen molar-refractivity contribution in [2.75, 3.05) is 0 Å². The molecule has 0 aliphatic heterocycles. The summed E-state index contributed by atoms with van der Waals surface area (Å²) in [5, 5.41) is 9.22. The lowest BCUT2D eigenvalue weighted by atomic mass is 9.93. The molecular formula is C18H18O3. The summed E-state index contributed by atoms with van der Waals surface area (Å²) < 4.78 is 0. The minimum absolute atomic E-state index is 0.0489. The number of carbonyl (C=O) groups excluding carboxylic acids is 1. The van der Waals surface area contributed by atoms with E-state index < -0.39 is 5.97 Å². The Balaban J connectivity index is 2.43. The molecule has 1 N–H and O–H groups in total. The van der Waals surface area contributed by atoms with Gasteiger partial charge in [-0.3, -0.25) is 4.79 Å². The average Bonchev–Trinajstić information content (AvgIpc) is 2.52. The Hall–Kier alpha value is -2.42. The van der Waals surface area contributed by atoms with Crippen molar-refractivity contribution in [3.8, 4) is 0 Å².